The first kappa shape index (κ1) is 13.4. The molecule has 1 aliphatic heterocycles. The van der Waals surface area contributed by atoms with Crippen molar-refractivity contribution < 1.29 is 0 Å². The first-order chi connectivity index (χ1) is 8.29. The Morgan fingerprint density at radius 3 is 2.65 bits per heavy atom. The van der Waals surface area contributed by atoms with Crippen molar-refractivity contribution in [2.45, 2.75) is 57.9 Å². The maximum absolute atomic E-state index is 3.43. The molecule has 2 atom stereocenters. The van der Waals surface area contributed by atoms with Crippen LogP contribution in [0.2, 0.25) is 0 Å². The zero-order chi connectivity index (χ0) is 12.1. The normalized spacial score (nSPS) is 29.6. The van der Waals surface area contributed by atoms with Crippen LogP contribution in [0, 0.1) is 11.8 Å². The number of nitrogens with one attached hydrogen (secondary N) is 1. The van der Waals surface area contributed by atoms with E-state index in [1.54, 1.807) is 0 Å². The van der Waals surface area contributed by atoms with Gasteiger partial charge in [0.15, 0.2) is 0 Å². The third-order valence-corrected chi connectivity index (χ3v) is 5.03. The van der Waals surface area contributed by atoms with Gasteiger partial charge in [0, 0.05) is 12.6 Å². The molecular formula is C15H30N2. The van der Waals surface area contributed by atoms with Gasteiger partial charge in [0.05, 0.1) is 0 Å². The zero-order valence-electron chi connectivity index (χ0n) is 11.8. The van der Waals surface area contributed by atoms with Crippen molar-refractivity contribution in [2.75, 3.05) is 26.7 Å². The van der Waals surface area contributed by atoms with Gasteiger partial charge in [-0.05, 0) is 58.2 Å². The van der Waals surface area contributed by atoms with Gasteiger partial charge < -0.3 is 10.2 Å². The monoisotopic (exact) mass is 238 g/mol. The van der Waals surface area contributed by atoms with E-state index >= 15 is 0 Å². The van der Waals surface area contributed by atoms with Crippen LogP contribution in [0.1, 0.15) is 51.9 Å². The topological polar surface area (TPSA) is 15.3 Å². The standard InChI is InChI=1S/C15H30N2/c1-13(16-2)15-8-5-10-17(12-15)11-9-14-6-3-4-7-14/h13-16H,3-12H2,1-2H3. The van der Waals surface area contributed by atoms with E-state index in [4.69, 9.17) is 0 Å². The summed E-state index contributed by atoms with van der Waals surface area (Å²) in [6, 6.07) is 0.685. The fraction of sp³-hybridized carbons (Fsp3) is 1.00. The van der Waals surface area contributed by atoms with E-state index in [1.165, 1.54) is 64.6 Å². The van der Waals surface area contributed by atoms with Crippen molar-refractivity contribution in [2.24, 2.45) is 11.8 Å². The molecule has 0 spiro atoms. The summed E-state index contributed by atoms with van der Waals surface area (Å²) in [5.41, 5.74) is 0. The number of hydrogen-bond donors (Lipinski definition) is 1. The predicted molar refractivity (Wildman–Crippen MR) is 74.3 cm³/mol. The van der Waals surface area contributed by atoms with Crippen LogP contribution in [-0.4, -0.2) is 37.6 Å². The van der Waals surface area contributed by atoms with E-state index in [9.17, 15) is 0 Å². The van der Waals surface area contributed by atoms with Gasteiger partial charge in [-0.3, -0.25) is 0 Å². The average molecular weight is 238 g/mol. The molecule has 1 saturated carbocycles. The van der Waals surface area contributed by atoms with E-state index in [0.717, 1.165) is 11.8 Å². The summed E-state index contributed by atoms with van der Waals surface area (Å²) in [6.07, 6.45) is 10.3. The highest BCUT2D eigenvalue weighted by atomic mass is 15.1. The lowest BCUT2D eigenvalue weighted by Gasteiger charge is -2.36. The summed E-state index contributed by atoms with van der Waals surface area (Å²) < 4.78 is 0. The predicted octanol–water partition coefficient (Wildman–Crippen LogP) is 2.89. The molecule has 0 aromatic carbocycles. The molecule has 0 aromatic heterocycles. The molecule has 2 fully saturated rings. The number of likely N-dealkylation sites (tertiary alicyclic amines) is 1. The Morgan fingerprint density at radius 1 is 1.18 bits per heavy atom. The molecule has 1 aliphatic carbocycles. The minimum atomic E-state index is 0.685. The second-order valence-corrected chi connectivity index (χ2v) is 6.22. The molecule has 100 valence electrons. The summed E-state index contributed by atoms with van der Waals surface area (Å²) in [5.74, 6) is 1.93. The minimum absolute atomic E-state index is 0.685. The number of nitrogens with zero attached hydrogens (tertiary/aromatic N) is 1. The molecule has 2 rings (SSSR count). The van der Waals surface area contributed by atoms with Crippen LogP contribution in [0.3, 0.4) is 0 Å². The highest BCUT2D eigenvalue weighted by Gasteiger charge is 2.24. The highest BCUT2D eigenvalue weighted by Crippen LogP contribution is 2.28. The second-order valence-electron chi connectivity index (χ2n) is 6.22. The Balaban J connectivity index is 1.69. The number of piperidine rings is 1. The SMILES string of the molecule is CNC(C)C1CCCN(CCC2CCCC2)C1. The largest absolute Gasteiger partial charge is 0.317 e. The molecule has 1 heterocycles. The molecule has 0 aromatic rings. The molecule has 0 amide bonds. The van der Waals surface area contributed by atoms with Crippen molar-refractivity contribution in [1.82, 2.24) is 10.2 Å². The molecule has 0 radical (unpaired) electrons. The van der Waals surface area contributed by atoms with Gasteiger partial charge in [-0.2, -0.15) is 0 Å². The number of rotatable bonds is 5. The quantitative estimate of drug-likeness (QED) is 0.792. The molecule has 2 nitrogen and oxygen atoms in total. The Kier molecular flexibility index (Phi) is 5.30. The van der Waals surface area contributed by atoms with Crippen LogP contribution >= 0.6 is 0 Å². The fourth-order valence-electron chi connectivity index (χ4n) is 3.60. The maximum Gasteiger partial charge on any atom is 0.00762 e. The Labute approximate surface area is 107 Å². The molecule has 1 saturated heterocycles. The van der Waals surface area contributed by atoms with E-state index in [0.29, 0.717) is 6.04 Å². The molecule has 2 unspecified atom stereocenters. The van der Waals surface area contributed by atoms with Crippen molar-refractivity contribution >= 4 is 0 Å². The molecule has 2 heteroatoms. The van der Waals surface area contributed by atoms with Gasteiger partial charge in [0.25, 0.3) is 0 Å². The van der Waals surface area contributed by atoms with E-state index in [-0.39, 0.29) is 0 Å². The third-order valence-electron chi connectivity index (χ3n) is 5.03. The van der Waals surface area contributed by atoms with E-state index in [1.807, 2.05) is 0 Å². The summed E-state index contributed by atoms with van der Waals surface area (Å²) in [4.78, 5) is 2.72. The van der Waals surface area contributed by atoms with E-state index in [2.05, 4.69) is 24.2 Å². The van der Waals surface area contributed by atoms with Crippen molar-refractivity contribution in [3.05, 3.63) is 0 Å². The smallest absolute Gasteiger partial charge is 0.00762 e. The Morgan fingerprint density at radius 2 is 1.94 bits per heavy atom. The molecule has 17 heavy (non-hydrogen) atoms. The Hall–Kier alpha value is -0.0800. The summed E-state index contributed by atoms with van der Waals surface area (Å²) in [7, 11) is 2.10. The minimum Gasteiger partial charge on any atom is -0.317 e. The first-order valence-corrected chi connectivity index (χ1v) is 7.69. The van der Waals surface area contributed by atoms with Gasteiger partial charge in [0.2, 0.25) is 0 Å². The van der Waals surface area contributed by atoms with Crippen molar-refractivity contribution in [3.8, 4) is 0 Å². The lowest BCUT2D eigenvalue weighted by molar-refractivity contribution is 0.145. The van der Waals surface area contributed by atoms with Crippen LogP contribution < -0.4 is 5.32 Å². The van der Waals surface area contributed by atoms with Crippen LogP contribution in [0.15, 0.2) is 0 Å². The van der Waals surface area contributed by atoms with Gasteiger partial charge in [-0.1, -0.05) is 25.7 Å². The maximum atomic E-state index is 3.43. The second kappa shape index (κ2) is 6.75. The van der Waals surface area contributed by atoms with Gasteiger partial charge in [-0.25, -0.2) is 0 Å². The first-order valence-electron chi connectivity index (χ1n) is 7.69. The van der Waals surface area contributed by atoms with Crippen LogP contribution in [0.25, 0.3) is 0 Å². The molecular weight excluding hydrogens is 208 g/mol. The number of hydrogen-bond acceptors (Lipinski definition) is 2. The lowest BCUT2D eigenvalue weighted by Crippen LogP contribution is -2.43. The average Bonchev–Trinajstić information content (AvgIpc) is 2.89. The third kappa shape index (κ3) is 3.96. The lowest BCUT2D eigenvalue weighted by atomic mass is 9.91. The van der Waals surface area contributed by atoms with Gasteiger partial charge in [-0.15, -0.1) is 0 Å². The molecule has 1 N–H and O–H groups in total. The van der Waals surface area contributed by atoms with Crippen LogP contribution in [-0.2, 0) is 0 Å². The van der Waals surface area contributed by atoms with Gasteiger partial charge in [0.1, 0.15) is 0 Å². The van der Waals surface area contributed by atoms with E-state index < -0.39 is 0 Å². The summed E-state index contributed by atoms with van der Waals surface area (Å²) in [6.45, 7) is 6.37. The van der Waals surface area contributed by atoms with Crippen molar-refractivity contribution in [3.63, 3.8) is 0 Å². The van der Waals surface area contributed by atoms with Crippen LogP contribution in [0.5, 0.6) is 0 Å². The summed E-state index contributed by atoms with van der Waals surface area (Å²) in [5, 5.41) is 3.43. The molecule has 2 aliphatic rings. The molecule has 0 bridgehead atoms. The van der Waals surface area contributed by atoms with Gasteiger partial charge >= 0.3 is 0 Å². The Bertz CT molecular complexity index is 211. The zero-order valence-corrected chi connectivity index (χ0v) is 11.8. The van der Waals surface area contributed by atoms with Crippen LogP contribution in [0.4, 0.5) is 0 Å². The highest BCUT2D eigenvalue weighted by molar-refractivity contribution is 4.80. The fourth-order valence-corrected chi connectivity index (χ4v) is 3.60. The summed E-state index contributed by atoms with van der Waals surface area (Å²) >= 11 is 0. The van der Waals surface area contributed by atoms with Crippen molar-refractivity contribution in [1.29, 1.82) is 0 Å².